The number of rotatable bonds is 7. The van der Waals surface area contributed by atoms with E-state index in [1.807, 2.05) is 6.92 Å². The van der Waals surface area contributed by atoms with E-state index >= 15 is 0 Å². The SMILES string of the molecule is CCCNC(C#N)CCOc1ccc(C)c(F)c1. The molecule has 3 nitrogen and oxygen atoms in total. The zero-order chi connectivity index (χ0) is 13.4. The second-order valence-electron chi connectivity index (χ2n) is 4.18. The van der Waals surface area contributed by atoms with Gasteiger partial charge in [0.25, 0.3) is 0 Å². The Bertz CT molecular complexity index is 415. The minimum atomic E-state index is -0.270. The van der Waals surface area contributed by atoms with E-state index in [0.29, 0.717) is 24.3 Å². The minimum absolute atomic E-state index is 0.208. The first-order valence-electron chi connectivity index (χ1n) is 6.19. The van der Waals surface area contributed by atoms with E-state index in [9.17, 15) is 4.39 Å². The van der Waals surface area contributed by atoms with Gasteiger partial charge in [0, 0.05) is 12.5 Å². The summed E-state index contributed by atoms with van der Waals surface area (Å²) in [6, 6.07) is 6.76. The van der Waals surface area contributed by atoms with Crippen LogP contribution in [0.25, 0.3) is 0 Å². The molecule has 0 aliphatic heterocycles. The summed E-state index contributed by atoms with van der Waals surface area (Å²) in [5.41, 5.74) is 0.599. The van der Waals surface area contributed by atoms with Gasteiger partial charge in [0.05, 0.1) is 18.7 Å². The molecule has 0 fully saturated rings. The molecule has 0 aromatic heterocycles. The molecule has 0 saturated carbocycles. The Labute approximate surface area is 108 Å². The van der Waals surface area contributed by atoms with Crippen LogP contribution >= 0.6 is 0 Å². The largest absolute Gasteiger partial charge is 0.493 e. The Hall–Kier alpha value is -1.60. The predicted octanol–water partition coefficient (Wildman–Crippen LogP) is 2.79. The summed E-state index contributed by atoms with van der Waals surface area (Å²) in [5, 5.41) is 12.0. The summed E-state index contributed by atoms with van der Waals surface area (Å²) in [4.78, 5) is 0. The first kappa shape index (κ1) is 14.5. The Morgan fingerprint density at radius 1 is 1.50 bits per heavy atom. The number of hydrogen-bond donors (Lipinski definition) is 1. The number of hydrogen-bond acceptors (Lipinski definition) is 3. The standard InChI is InChI=1S/C14H19FN2O/c1-3-7-17-12(10-16)6-8-18-13-5-4-11(2)14(15)9-13/h4-5,9,12,17H,3,6-8H2,1-2H3. The molecule has 0 spiro atoms. The van der Waals surface area contributed by atoms with Crippen LogP contribution < -0.4 is 10.1 Å². The number of nitrogens with one attached hydrogen (secondary N) is 1. The van der Waals surface area contributed by atoms with Crippen LogP contribution in [0.15, 0.2) is 18.2 Å². The Morgan fingerprint density at radius 3 is 2.89 bits per heavy atom. The molecule has 1 rings (SSSR count). The van der Waals surface area contributed by atoms with Crippen molar-refractivity contribution in [2.45, 2.75) is 32.7 Å². The maximum Gasteiger partial charge on any atom is 0.129 e. The zero-order valence-electron chi connectivity index (χ0n) is 10.9. The van der Waals surface area contributed by atoms with Crippen molar-refractivity contribution in [3.8, 4) is 11.8 Å². The minimum Gasteiger partial charge on any atom is -0.493 e. The highest BCUT2D eigenvalue weighted by Gasteiger charge is 2.06. The van der Waals surface area contributed by atoms with Gasteiger partial charge in [0.2, 0.25) is 0 Å². The van der Waals surface area contributed by atoms with Gasteiger partial charge in [-0.3, -0.25) is 0 Å². The van der Waals surface area contributed by atoms with Crippen LogP contribution in [-0.4, -0.2) is 19.2 Å². The Morgan fingerprint density at radius 2 is 2.28 bits per heavy atom. The number of halogens is 1. The first-order chi connectivity index (χ1) is 8.67. The van der Waals surface area contributed by atoms with E-state index in [0.717, 1.165) is 13.0 Å². The third-order valence-electron chi connectivity index (χ3n) is 2.62. The molecule has 1 atom stereocenters. The van der Waals surface area contributed by atoms with Gasteiger partial charge in [0.15, 0.2) is 0 Å². The Kier molecular flexibility index (Phi) is 6.16. The first-order valence-corrected chi connectivity index (χ1v) is 6.19. The average molecular weight is 250 g/mol. The average Bonchev–Trinajstić information content (AvgIpc) is 2.37. The van der Waals surface area contributed by atoms with Crippen LogP contribution in [-0.2, 0) is 0 Å². The molecular weight excluding hydrogens is 231 g/mol. The Balaban J connectivity index is 2.36. The molecule has 1 aromatic carbocycles. The lowest BCUT2D eigenvalue weighted by Gasteiger charge is -2.11. The third-order valence-corrected chi connectivity index (χ3v) is 2.62. The lowest BCUT2D eigenvalue weighted by molar-refractivity contribution is 0.296. The van der Waals surface area contributed by atoms with Gasteiger partial charge >= 0.3 is 0 Å². The van der Waals surface area contributed by atoms with Crippen molar-refractivity contribution in [3.63, 3.8) is 0 Å². The number of nitriles is 1. The predicted molar refractivity (Wildman–Crippen MR) is 68.9 cm³/mol. The van der Waals surface area contributed by atoms with Crippen LogP contribution in [0.1, 0.15) is 25.3 Å². The van der Waals surface area contributed by atoms with Gasteiger partial charge in [-0.25, -0.2) is 4.39 Å². The van der Waals surface area contributed by atoms with E-state index < -0.39 is 0 Å². The molecule has 0 heterocycles. The maximum atomic E-state index is 13.3. The fourth-order valence-corrected chi connectivity index (χ4v) is 1.49. The van der Waals surface area contributed by atoms with Gasteiger partial charge in [-0.2, -0.15) is 5.26 Å². The summed E-state index contributed by atoms with van der Waals surface area (Å²) >= 11 is 0. The number of benzene rings is 1. The molecule has 0 radical (unpaired) electrons. The second kappa shape index (κ2) is 7.67. The van der Waals surface area contributed by atoms with E-state index in [1.165, 1.54) is 6.07 Å². The van der Waals surface area contributed by atoms with E-state index in [4.69, 9.17) is 10.00 Å². The summed E-state index contributed by atoms with van der Waals surface area (Å²) in [6.45, 7) is 4.97. The van der Waals surface area contributed by atoms with Gasteiger partial charge in [-0.15, -0.1) is 0 Å². The van der Waals surface area contributed by atoms with E-state index in [2.05, 4.69) is 11.4 Å². The van der Waals surface area contributed by atoms with Crippen molar-refractivity contribution in [2.24, 2.45) is 0 Å². The van der Waals surface area contributed by atoms with Crippen molar-refractivity contribution in [2.75, 3.05) is 13.2 Å². The highest BCUT2D eigenvalue weighted by atomic mass is 19.1. The number of aryl methyl sites for hydroxylation is 1. The van der Waals surface area contributed by atoms with Gasteiger partial charge in [0.1, 0.15) is 11.6 Å². The number of ether oxygens (including phenoxy) is 1. The molecule has 0 aliphatic rings. The molecular formula is C14H19FN2O. The third kappa shape index (κ3) is 4.72. The highest BCUT2D eigenvalue weighted by Crippen LogP contribution is 2.16. The molecule has 0 amide bonds. The monoisotopic (exact) mass is 250 g/mol. The summed E-state index contributed by atoms with van der Waals surface area (Å²) in [7, 11) is 0. The molecule has 1 N–H and O–H groups in total. The van der Waals surface area contributed by atoms with E-state index in [1.54, 1.807) is 19.1 Å². The van der Waals surface area contributed by atoms with Crippen LogP contribution in [0.3, 0.4) is 0 Å². The fourth-order valence-electron chi connectivity index (χ4n) is 1.49. The van der Waals surface area contributed by atoms with Crippen LogP contribution in [0.4, 0.5) is 4.39 Å². The van der Waals surface area contributed by atoms with Crippen molar-refractivity contribution >= 4 is 0 Å². The molecule has 18 heavy (non-hydrogen) atoms. The molecule has 98 valence electrons. The smallest absolute Gasteiger partial charge is 0.129 e. The topological polar surface area (TPSA) is 45.0 Å². The summed E-state index contributed by atoms with van der Waals surface area (Å²) < 4.78 is 18.7. The van der Waals surface area contributed by atoms with Crippen molar-refractivity contribution in [1.29, 1.82) is 5.26 Å². The van der Waals surface area contributed by atoms with Gasteiger partial charge in [-0.1, -0.05) is 13.0 Å². The highest BCUT2D eigenvalue weighted by molar-refractivity contribution is 5.27. The molecule has 1 unspecified atom stereocenters. The summed E-state index contributed by atoms with van der Waals surface area (Å²) in [5.74, 6) is 0.235. The molecule has 0 bridgehead atoms. The van der Waals surface area contributed by atoms with Crippen LogP contribution in [0, 0.1) is 24.1 Å². The van der Waals surface area contributed by atoms with E-state index in [-0.39, 0.29) is 11.9 Å². The molecule has 4 heteroatoms. The lowest BCUT2D eigenvalue weighted by atomic mass is 10.2. The van der Waals surface area contributed by atoms with Crippen molar-refractivity contribution in [1.82, 2.24) is 5.32 Å². The summed E-state index contributed by atoms with van der Waals surface area (Å²) in [6.07, 6.45) is 1.58. The number of nitrogens with zero attached hydrogens (tertiary/aromatic N) is 1. The van der Waals surface area contributed by atoms with Gasteiger partial charge in [-0.05, 0) is 31.5 Å². The molecule has 0 saturated heterocycles. The molecule has 0 aliphatic carbocycles. The quantitative estimate of drug-likeness (QED) is 0.809. The van der Waals surface area contributed by atoms with Crippen molar-refractivity contribution in [3.05, 3.63) is 29.6 Å². The lowest BCUT2D eigenvalue weighted by Crippen LogP contribution is -2.29. The van der Waals surface area contributed by atoms with Crippen LogP contribution in [0.5, 0.6) is 5.75 Å². The van der Waals surface area contributed by atoms with Crippen LogP contribution in [0.2, 0.25) is 0 Å². The normalized spacial score (nSPS) is 11.9. The van der Waals surface area contributed by atoms with Gasteiger partial charge < -0.3 is 10.1 Å². The zero-order valence-corrected chi connectivity index (χ0v) is 10.9. The second-order valence-corrected chi connectivity index (χ2v) is 4.18. The molecule has 1 aromatic rings. The van der Waals surface area contributed by atoms with Crippen molar-refractivity contribution < 1.29 is 9.13 Å². The maximum absolute atomic E-state index is 13.3. The fraction of sp³-hybridized carbons (Fsp3) is 0.500.